The first-order chi connectivity index (χ1) is 13.5. The number of aryl methyl sites for hydroxylation is 1. The third kappa shape index (κ3) is 9.75. The van der Waals surface area contributed by atoms with Crippen molar-refractivity contribution in [3.8, 4) is 5.75 Å². The summed E-state index contributed by atoms with van der Waals surface area (Å²) in [6.07, 6.45) is 17.8. The van der Waals surface area contributed by atoms with Crippen molar-refractivity contribution in [2.75, 3.05) is 0 Å². The predicted octanol–water partition coefficient (Wildman–Crippen LogP) is 8.49. The zero-order chi connectivity index (χ0) is 20.8. The van der Waals surface area contributed by atoms with Gasteiger partial charge in [-0.2, -0.15) is 0 Å². The highest BCUT2D eigenvalue weighted by molar-refractivity contribution is 5.97. The molecule has 1 aromatic rings. The van der Waals surface area contributed by atoms with Gasteiger partial charge in [0.25, 0.3) is 0 Å². The molecule has 0 aliphatic rings. The Kier molecular flexibility index (Phi) is 12.9. The second-order valence-corrected chi connectivity index (χ2v) is 8.80. The van der Waals surface area contributed by atoms with Crippen LogP contribution < -0.4 is 0 Å². The van der Waals surface area contributed by atoms with Gasteiger partial charge in [0.2, 0.25) is 0 Å². The molecule has 0 amide bonds. The molecule has 0 fully saturated rings. The van der Waals surface area contributed by atoms with Crippen molar-refractivity contribution >= 4 is 5.78 Å². The van der Waals surface area contributed by atoms with Crippen LogP contribution in [0.3, 0.4) is 0 Å². The van der Waals surface area contributed by atoms with E-state index in [0.717, 1.165) is 29.5 Å². The summed E-state index contributed by atoms with van der Waals surface area (Å²) >= 11 is 0. The molecule has 0 spiro atoms. The van der Waals surface area contributed by atoms with E-state index >= 15 is 0 Å². The molecule has 1 aromatic carbocycles. The van der Waals surface area contributed by atoms with Crippen molar-refractivity contribution in [2.45, 2.75) is 124 Å². The standard InChI is InChI=1S/C26H44O2/c1-5-6-7-8-9-10-11-12-13-14-15-16-17-18-25(27)24-20-23(21(2)3)26(28)19-22(24)4/h19-21,28H,5-18H2,1-4H3. The van der Waals surface area contributed by atoms with Gasteiger partial charge in [-0.05, 0) is 42.5 Å². The first kappa shape index (κ1) is 24.7. The average Bonchev–Trinajstić information content (AvgIpc) is 2.65. The van der Waals surface area contributed by atoms with Crippen LogP contribution in [-0.2, 0) is 0 Å². The summed E-state index contributed by atoms with van der Waals surface area (Å²) in [5.41, 5.74) is 2.56. The number of carbonyl (C=O) groups excluding carboxylic acids is 1. The molecule has 160 valence electrons. The Balaban J connectivity index is 2.12. The summed E-state index contributed by atoms with van der Waals surface area (Å²) in [5, 5.41) is 10.1. The number of ketones is 1. The Labute approximate surface area is 174 Å². The highest BCUT2D eigenvalue weighted by atomic mass is 16.3. The Morgan fingerprint density at radius 1 is 0.821 bits per heavy atom. The summed E-state index contributed by atoms with van der Waals surface area (Å²) in [6, 6.07) is 3.65. The maximum Gasteiger partial charge on any atom is 0.163 e. The first-order valence-electron chi connectivity index (χ1n) is 11.8. The molecule has 0 aliphatic carbocycles. The van der Waals surface area contributed by atoms with Crippen LogP contribution in [0.5, 0.6) is 5.75 Å². The molecule has 1 N–H and O–H groups in total. The number of hydrogen-bond donors (Lipinski definition) is 1. The molecule has 2 nitrogen and oxygen atoms in total. The number of carbonyl (C=O) groups is 1. The van der Waals surface area contributed by atoms with Gasteiger partial charge in [0.1, 0.15) is 5.75 Å². The molecule has 0 bridgehead atoms. The topological polar surface area (TPSA) is 37.3 Å². The number of phenolic OH excluding ortho intramolecular Hbond substituents is 1. The van der Waals surface area contributed by atoms with Gasteiger partial charge >= 0.3 is 0 Å². The third-order valence-electron chi connectivity index (χ3n) is 5.80. The lowest BCUT2D eigenvalue weighted by molar-refractivity contribution is 0.0978. The SMILES string of the molecule is CCCCCCCCCCCCCCCC(=O)c1cc(C(C)C)c(O)cc1C. The van der Waals surface area contributed by atoms with Crippen LogP contribution in [0.4, 0.5) is 0 Å². The van der Waals surface area contributed by atoms with Gasteiger partial charge in [0.05, 0.1) is 0 Å². The smallest absolute Gasteiger partial charge is 0.163 e. The van der Waals surface area contributed by atoms with Gasteiger partial charge in [-0.3, -0.25) is 4.79 Å². The lowest BCUT2D eigenvalue weighted by Gasteiger charge is -2.13. The fraction of sp³-hybridized carbons (Fsp3) is 0.731. The number of hydrogen-bond acceptors (Lipinski definition) is 2. The van der Waals surface area contributed by atoms with Gasteiger partial charge in [0.15, 0.2) is 5.78 Å². The van der Waals surface area contributed by atoms with E-state index in [2.05, 4.69) is 6.92 Å². The van der Waals surface area contributed by atoms with Crippen LogP contribution in [0.15, 0.2) is 12.1 Å². The van der Waals surface area contributed by atoms with Crippen LogP contribution in [0.2, 0.25) is 0 Å². The highest BCUT2D eigenvalue weighted by Gasteiger charge is 2.14. The zero-order valence-electron chi connectivity index (χ0n) is 19.0. The quantitative estimate of drug-likeness (QED) is 0.228. The average molecular weight is 389 g/mol. The van der Waals surface area contributed by atoms with Crippen molar-refractivity contribution in [3.05, 3.63) is 28.8 Å². The van der Waals surface area contributed by atoms with Crippen molar-refractivity contribution < 1.29 is 9.90 Å². The Morgan fingerprint density at radius 3 is 1.75 bits per heavy atom. The predicted molar refractivity (Wildman–Crippen MR) is 122 cm³/mol. The number of aromatic hydroxyl groups is 1. The van der Waals surface area contributed by atoms with E-state index in [1.807, 2.05) is 26.8 Å². The molecule has 1 rings (SSSR count). The monoisotopic (exact) mass is 388 g/mol. The van der Waals surface area contributed by atoms with Gasteiger partial charge in [-0.25, -0.2) is 0 Å². The van der Waals surface area contributed by atoms with E-state index in [9.17, 15) is 9.90 Å². The van der Waals surface area contributed by atoms with Crippen molar-refractivity contribution in [1.82, 2.24) is 0 Å². The Morgan fingerprint density at radius 2 is 1.29 bits per heavy atom. The highest BCUT2D eigenvalue weighted by Crippen LogP contribution is 2.29. The van der Waals surface area contributed by atoms with Crippen molar-refractivity contribution in [3.63, 3.8) is 0 Å². The molecule has 0 saturated heterocycles. The van der Waals surface area contributed by atoms with Gasteiger partial charge < -0.3 is 5.11 Å². The number of phenols is 1. The molecular formula is C26H44O2. The van der Waals surface area contributed by atoms with E-state index < -0.39 is 0 Å². The van der Waals surface area contributed by atoms with Crippen LogP contribution >= 0.6 is 0 Å². The largest absolute Gasteiger partial charge is 0.508 e. The fourth-order valence-electron chi connectivity index (χ4n) is 3.91. The lowest BCUT2D eigenvalue weighted by Crippen LogP contribution is -2.04. The van der Waals surface area contributed by atoms with Crippen molar-refractivity contribution in [1.29, 1.82) is 0 Å². The zero-order valence-corrected chi connectivity index (χ0v) is 19.0. The summed E-state index contributed by atoms with van der Waals surface area (Å²) in [5.74, 6) is 0.760. The van der Waals surface area contributed by atoms with Gasteiger partial charge in [-0.1, -0.05) is 97.8 Å². The third-order valence-corrected chi connectivity index (χ3v) is 5.80. The molecule has 0 unspecified atom stereocenters. The van der Waals surface area contributed by atoms with E-state index in [4.69, 9.17) is 0 Å². The Hall–Kier alpha value is -1.31. The second kappa shape index (κ2) is 14.7. The minimum absolute atomic E-state index is 0.225. The van der Waals surface area contributed by atoms with E-state index in [0.29, 0.717) is 12.2 Å². The summed E-state index contributed by atoms with van der Waals surface area (Å²) in [6.45, 7) is 8.28. The number of rotatable bonds is 16. The molecule has 0 radical (unpaired) electrons. The Bertz CT molecular complexity index is 560. The maximum absolute atomic E-state index is 12.6. The minimum atomic E-state index is 0.225. The summed E-state index contributed by atoms with van der Waals surface area (Å²) in [7, 11) is 0. The number of benzene rings is 1. The molecule has 0 aromatic heterocycles. The maximum atomic E-state index is 12.6. The number of Topliss-reactive ketones (excluding diaryl/α,β-unsaturated/α-hetero) is 1. The summed E-state index contributed by atoms with van der Waals surface area (Å²) < 4.78 is 0. The van der Waals surface area contributed by atoms with Gasteiger partial charge in [0, 0.05) is 12.0 Å². The molecule has 2 heteroatoms. The lowest BCUT2D eigenvalue weighted by atomic mass is 9.93. The molecule has 0 atom stereocenters. The minimum Gasteiger partial charge on any atom is -0.508 e. The molecule has 28 heavy (non-hydrogen) atoms. The van der Waals surface area contributed by atoms with Crippen LogP contribution in [0, 0.1) is 6.92 Å². The van der Waals surface area contributed by atoms with Crippen LogP contribution in [-0.4, -0.2) is 10.9 Å². The second-order valence-electron chi connectivity index (χ2n) is 8.80. The number of unbranched alkanes of at least 4 members (excludes halogenated alkanes) is 12. The summed E-state index contributed by atoms with van der Waals surface area (Å²) in [4.78, 5) is 12.6. The first-order valence-corrected chi connectivity index (χ1v) is 11.8. The normalized spacial score (nSPS) is 11.3. The van der Waals surface area contributed by atoms with E-state index in [1.165, 1.54) is 70.6 Å². The fourth-order valence-corrected chi connectivity index (χ4v) is 3.91. The van der Waals surface area contributed by atoms with Crippen molar-refractivity contribution in [2.24, 2.45) is 0 Å². The molecular weight excluding hydrogens is 344 g/mol. The van der Waals surface area contributed by atoms with Crippen LogP contribution in [0.1, 0.15) is 138 Å². The molecule has 0 aliphatic heterocycles. The van der Waals surface area contributed by atoms with E-state index in [1.54, 1.807) is 6.07 Å². The molecule has 0 saturated carbocycles. The molecule has 0 heterocycles. The van der Waals surface area contributed by atoms with E-state index in [-0.39, 0.29) is 11.7 Å². The van der Waals surface area contributed by atoms with Gasteiger partial charge in [-0.15, -0.1) is 0 Å². The van der Waals surface area contributed by atoms with Crippen LogP contribution in [0.25, 0.3) is 0 Å².